The Balaban J connectivity index is 2.44. The lowest BCUT2D eigenvalue weighted by Gasteiger charge is -2.24. The summed E-state index contributed by atoms with van der Waals surface area (Å²) in [6, 6.07) is 5.01. The molecule has 0 spiro atoms. The van der Waals surface area contributed by atoms with Gasteiger partial charge in [-0.05, 0) is 30.5 Å². The predicted molar refractivity (Wildman–Crippen MR) is 69.6 cm³/mol. The lowest BCUT2D eigenvalue weighted by atomic mass is 10.1. The van der Waals surface area contributed by atoms with Crippen molar-refractivity contribution in [1.29, 1.82) is 0 Å². The molecule has 0 aromatic heterocycles. The Bertz CT molecular complexity index is 564. The second-order valence-corrected chi connectivity index (χ2v) is 6.23. The molecule has 0 aliphatic carbocycles. The Morgan fingerprint density at radius 3 is 2.72 bits per heavy atom. The summed E-state index contributed by atoms with van der Waals surface area (Å²) in [6.07, 6.45) is 4.60. The van der Waals surface area contributed by atoms with Crippen molar-refractivity contribution in [2.45, 2.75) is 24.8 Å². The van der Waals surface area contributed by atoms with Crippen LogP contribution in [-0.2, 0) is 16.6 Å². The molecule has 0 saturated carbocycles. The lowest BCUT2D eigenvalue weighted by molar-refractivity contribution is 0.280. The summed E-state index contributed by atoms with van der Waals surface area (Å²) in [5.74, 6) is 0. The van der Waals surface area contributed by atoms with Gasteiger partial charge in [-0.25, -0.2) is 8.42 Å². The first-order valence-corrected chi connectivity index (χ1v) is 7.36. The van der Waals surface area contributed by atoms with E-state index in [-0.39, 0.29) is 6.61 Å². The van der Waals surface area contributed by atoms with Gasteiger partial charge in [0.15, 0.2) is 0 Å². The smallest absolute Gasteiger partial charge is 0.243 e. The van der Waals surface area contributed by atoms with Crippen LogP contribution in [0.1, 0.15) is 17.5 Å². The maximum absolute atomic E-state index is 12.5. The monoisotopic (exact) mass is 267 g/mol. The quantitative estimate of drug-likeness (QED) is 0.843. The maximum atomic E-state index is 12.5. The summed E-state index contributed by atoms with van der Waals surface area (Å²) < 4.78 is 26.4. The van der Waals surface area contributed by atoms with Crippen molar-refractivity contribution in [2.24, 2.45) is 0 Å². The van der Waals surface area contributed by atoms with Crippen LogP contribution in [0.15, 0.2) is 35.2 Å². The molecular weight excluding hydrogens is 250 g/mol. The first-order valence-electron chi connectivity index (χ1n) is 5.92. The van der Waals surface area contributed by atoms with E-state index in [2.05, 4.69) is 0 Å². The van der Waals surface area contributed by atoms with E-state index in [9.17, 15) is 13.5 Å². The van der Waals surface area contributed by atoms with Crippen LogP contribution in [0.4, 0.5) is 0 Å². The van der Waals surface area contributed by atoms with Crippen LogP contribution in [0.3, 0.4) is 0 Å². The van der Waals surface area contributed by atoms with Gasteiger partial charge < -0.3 is 5.11 Å². The van der Waals surface area contributed by atoms with Crippen LogP contribution in [0, 0.1) is 6.92 Å². The van der Waals surface area contributed by atoms with Crippen molar-refractivity contribution < 1.29 is 13.5 Å². The van der Waals surface area contributed by atoms with E-state index in [1.807, 2.05) is 12.2 Å². The summed E-state index contributed by atoms with van der Waals surface area (Å²) in [5, 5.41) is 9.20. The predicted octanol–water partition coefficient (Wildman–Crippen LogP) is 1.44. The molecule has 1 N–H and O–H groups in total. The molecule has 0 bridgehead atoms. The molecule has 1 aliphatic heterocycles. The minimum absolute atomic E-state index is 0.144. The summed E-state index contributed by atoms with van der Waals surface area (Å²) in [7, 11) is -3.45. The zero-order valence-corrected chi connectivity index (χ0v) is 11.2. The van der Waals surface area contributed by atoms with E-state index in [1.54, 1.807) is 25.1 Å². The first kappa shape index (κ1) is 13.3. The van der Waals surface area contributed by atoms with Crippen molar-refractivity contribution >= 4 is 10.0 Å². The Labute approximate surface area is 108 Å². The van der Waals surface area contributed by atoms with Gasteiger partial charge in [-0.2, -0.15) is 4.31 Å². The highest BCUT2D eigenvalue weighted by Crippen LogP contribution is 2.23. The molecule has 0 unspecified atom stereocenters. The van der Waals surface area contributed by atoms with Crippen molar-refractivity contribution in [3.63, 3.8) is 0 Å². The molecule has 0 amide bonds. The van der Waals surface area contributed by atoms with Crippen molar-refractivity contribution in [3.8, 4) is 0 Å². The fraction of sp³-hybridized carbons (Fsp3) is 0.385. The van der Waals surface area contributed by atoms with E-state index in [1.165, 1.54) is 4.31 Å². The number of rotatable bonds is 3. The van der Waals surface area contributed by atoms with Crippen LogP contribution in [0.25, 0.3) is 0 Å². The average molecular weight is 267 g/mol. The zero-order valence-electron chi connectivity index (χ0n) is 10.3. The van der Waals surface area contributed by atoms with Crippen LogP contribution in [-0.4, -0.2) is 30.9 Å². The van der Waals surface area contributed by atoms with Crippen LogP contribution in [0.2, 0.25) is 0 Å². The number of aliphatic hydroxyl groups excluding tert-OH is 1. The number of benzene rings is 1. The van der Waals surface area contributed by atoms with Crippen LogP contribution in [0.5, 0.6) is 0 Å². The number of hydrogen-bond donors (Lipinski definition) is 1. The molecule has 1 aromatic carbocycles. The standard InChI is InChI=1S/C13H17NO3S/c1-11-12(10-15)6-5-7-13(11)18(16,17)14-8-3-2-4-9-14/h2-3,5-7,15H,4,8-10H2,1H3. The van der Waals surface area contributed by atoms with E-state index >= 15 is 0 Å². The summed E-state index contributed by atoms with van der Waals surface area (Å²) in [6.45, 7) is 2.53. The van der Waals surface area contributed by atoms with Gasteiger partial charge in [0.1, 0.15) is 0 Å². The van der Waals surface area contributed by atoms with Gasteiger partial charge in [0, 0.05) is 13.1 Å². The average Bonchev–Trinajstić information content (AvgIpc) is 2.40. The number of nitrogens with zero attached hydrogens (tertiary/aromatic N) is 1. The van der Waals surface area contributed by atoms with Gasteiger partial charge in [0.25, 0.3) is 0 Å². The highest BCUT2D eigenvalue weighted by atomic mass is 32.2. The molecule has 0 saturated heterocycles. The molecule has 0 fully saturated rings. The van der Waals surface area contributed by atoms with Gasteiger partial charge in [-0.3, -0.25) is 0 Å². The van der Waals surface area contributed by atoms with Crippen LogP contribution < -0.4 is 0 Å². The summed E-state index contributed by atoms with van der Waals surface area (Å²) in [4.78, 5) is 0.296. The SMILES string of the molecule is Cc1c(CO)cccc1S(=O)(=O)N1CC=CCC1. The summed E-state index contributed by atoms with van der Waals surface area (Å²) in [5.41, 5.74) is 1.29. The topological polar surface area (TPSA) is 57.6 Å². The Hall–Kier alpha value is -1.17. The summed E-state index contributed by atoms with van der Waals surface area (Å²) >= 11 is 0. The molecule has 1 heterocycles. The van der Waals surface area contributed by atoms with Gasteiger partial charge in [-0.15, -0.1) is 0 Å². The lowest BCUT2D eigenvalue weighted by Crippen LogP contribution is -2.34. The molecule has 1 aliphatic rings. The van der Waals surface area contributed by atoms with Crippen molar-refractivity contribution in [2.75, 3.05) is 13.1 Å². The molecule has 1 aromatic rings. The minimum Gasteiger partial charge on any atom is -0.392 e. The third-order valence-electron chi connectivity index (χ3n) is 3.21. The number of aliphatic hydroxyl groups is 1. The highest BCUT2D eigenvalue weighted by molar-refractivity contribution is 7.89. The van der Waals surface area contributed by atoms with Gasteiger partial charge in [-0.1, -0.05) is 24.3 Å². The Kier molecular flexibility index (Phi) is 3.85. The highest BCUT2D eigenvalue weighted by Gasteiger charge is 2.26. The zero-order chi connectivity index (χ0) is 13.2. The van der Waals surface area contributed by atoms with Crippen molar-refractivity contribution in [1.82, 2.24) is 4.31 Å². The number of hydrogen-bond acceptors (Lipinski definition) is 3. The normalized spacial score (nSPS) is 17.0. The van der Waals surface area contributed by atoms with Crippen LogP contribution >= 0.6 is 0 Å². The fourth-order valence-electron chi connectivity index (χ4n) is 2.09. The molecule has 2 rings (SSSR count). The first-order chi connectivity index (χ1) is 8.57. The molecule has 5 heteroatoms. The molecule has 0 radical (unpaired) electrons. The largest absolute Gasteiger partial charge is 0.392 e. The second kappa shape index (κ2) is 5.22. The van der Waals surface area contributed by atoms with E-state index < -0.39 is 10.0 Å². The Morgan fingerprint density at radius 1 is 1.33 bits per heavy atom. The third kappa shape index (κ3) is 2.34. The molecule has 4 nitrogen and oxygen atoms in total. The second-order valence-electron chi connectivity index (χ2n) is 4.32. The van der Waals surface area contributed by atoms with Gasteiger partial charge in [0.2, 0.25) is 10.0 Å². The fourth-order valence-corrected chi connectivity index (χ4v) is 3.76. The van der Waals surface area contributed by atoms with E-state index in [0.29, 0.717) is 29.1 Å². The van der Waals surface area contributed by atoms with E-state index in [4.69, 9.17) is 0 Å². The molecular formula is C13H17NO3S. The van der Waals surface area contributed by atoms with Gasteiger partial charge in [0.05, 0.1) is 11.5 Å². The number of sulfonamides is 1. The molecule has 18 heavy (non-hydrogen) atoms. The minimum atomic E-state index is -3.45. The molecule has 0 atom stereocenters. The molecule has 98 valence electrons. The third-order valence-corrected chi connectivity index (χ3v) is 5.21. The maximum Gasteiger partial charge on any atom is 0.243 e. The Morgan fingerprint density at radius 2 is 2.11 bits per heavy atom. The van der Waals surface area contributed by atoms with Gasteiger partial charge >= 0.3 is 0 Å². The van der Waals surface area contributed by atoms with E-state index in [0.717, 1.165) is 6.42 Å². The van der Waals surface area contributed by atoms with Crippen molar-refractivity contribution in [3.05, 3.63) is 41.5 Å².